The van der Waals surface area contributed by atoms with Gasteiger partial charge in [-0.2, -0.15) is 0 Å². The Morgan fingerprint density at radius 2 is 1.74 bits per heavy atom. The van der Waals surface area contributed by atoms with Crippen LogP contribution in [0.3, 0.4) is 0 Å². The van der Waals surface area contributed by atoms with Crippen molar-refractivity contribution in [3.8, 4) is 5.75 Å². The maximum absolute atomic E-state index is 12.4. The van der Waals surface area contributed by atoms with E-state index in [0.29, 0.717) is 19.4 Å². The Morgan fingerprint density at radius 1 is 1.07 bits per heavy atom. The number of hydrogen-bond acceptors (Lipinski definition) is 3. The molecule has 1 amide bonds. The van der Waals surface area contributed by atoms with Gasteiger partial charge in [-0.15, -0.1) is 0 Å². The van der Waals surface area contributed by atoms with Gasteiger partial charge in [0.05, 0.1) is 0 Å². The SMILES string of the molecule is CC(NC1(CNC(=O)CCc2ccccc2O)CCCC1)c1ccccc1. The molecule has 1 fully saturated rings. The third kappa shape index (κ3) is 5.33. The largest absolute Gasteiger partial charge is 0.508 e. The lowest BCUT2D eigenvalue weighted by molar-refractivity contribution is -0.121. The number of carbonyl (C=O) groups excluding carboxylic acids is 1. The average Bonchev–Trinajstić information content (AvgIpc) is 3.15. The molecule has 0 heterocycles. The number of rotatable bonds is 8. The molecule has 4 heteroatoms. The highest BCUT2D eigenvalue weighted by Crippen LogP contribution is 2.32. The van der Waals surface area contributed by atoms with Crippen LogP contribution in [0.15, 0.2) is 54.6 Å². The molecule has 1 unspecified atom stereocenters. The Kier molecular flexibility index (Phi) is 6.51. The van der Waals surface area contributed by atoms with E-state index in [9.17, 15) is 9.90 Å². The van der Waals surface area contributed by atoms with Crippen LogP contribution in [0, 0.1) is 0 Å². The van der Waals surface area contributed by atoms with Gasteiger partial charge in [-0.1, -0.05) is 61.4 Å². The van der Waals surface area contributed by atoms with E-state index in [1.165, 1.54) is 18.4 Å². The van der Waals surface area contributed by atoms with Gasteiger partial charge in [0.25, 0.3) is 0 Å². The molecule has 0 aromatic heterocycles. The Hall–Kier alpha value is -2.33. The number of phenolic OH excluding ortho intramolecular Hbond substituents is 1. The maximum atomic E-state index is 12.4. The molecular formula is C23H30N2O2. The summed E-state index contributed by atoms with van der Waals surface area (Å²) in [7, 11) is 0. The van der Waals surface area contributed by atoms with Crippen molar-refractivity contribution in [2.24, 2.45) is 0 Å². The zero-order valence-electron chi connectivity index (χ0n) is 16.1. The second-order valence-electron chi connectivity index (χ2n) is 7.67. The van der Waals surface area contributed by atoms with Crippen molar-refractivity contribution in [2.45, 2.75) is 57.0 Å². The molecule has 1 aliphatic carbocycles. The summed E-state index contributed by atoms with van der Waals surface area (Å²) in [5.74, 6) is 0.301. The van der Waals surface area contributed by atoms with Crippen molar-refractivity contribution in [3.05, 3.63) is 65.7 Å². The Morgan fingerprint density at radius 3 is 2.44 bits per heavy atom. The van der Waals surface area contributed by atoms with E-state index >= 15 is 0 Å². The van der Waals surface area contributed by atoms with Crippen LogP contribution in [0.2, 0.25) is 0 Å². The predicted octanol–water partition coefficient (Wildman–Crippen LogP) is 4.10. The van der Waals surface area contributed by atoms with Gasteiger partial charge in [0.15, 0.2) is 0 Å². The first kappa shape index (κ1) is 19.4. The number of carbonyl (C=O) groups is 1. The van der Waals surface area contributed by atoms with Crippen LogP contribution in [0.25, 0.3) is 0 Å². The van der Waals surface area contributed by atoms with E-state index in [0.717, 1.165) is 18.4 Å². The normalized spacial score (nSPS) is 16.8. The summed E-state index contributed by atoms with van der Waals surface area (Å²) >= 11 is 0. The zero-order valence-corrected chi connectivity index (χ0v) is 16.1. The standard InChI is InChI=1S/C23H30N2O2/c1-18(19-9-3-2-4-10-19)25-23(15-7-8-16-23)17-24-22(27)14-13-20-11-5-6-12-21(20)26/h2-6,9-12,18,25-26H,7-8,13-17H2,1H3,(H,24,27). The molecule has 3 N–H and O–H groups in total. The molecule has 1 saturated carbocycles. The molecule has 4 nitrogen and oxygen atoms in total. The van der Waals surface area contributed by atoms with E-state index in [2.05, 4.69) is 41.8 Å². The molecule has 0 saturated heterocycles. The van der Waals surface area contributed by atoms with Crippen LogP contribution < -0.4 is 10.6 Å². The summed E-state index contributed by atoms with van der Waals surface area (Å²) in [6, 6.07) is 17.9. The van der Waals surface area contributed by atoms with Gasteiger partial charge in [0.2, 0.25) is 5.91 Å². The molecule has 0 aliphatic heterocycles. The van der Waals surface area contributed by atoms with Crippen molar-refractivity contribution in [1.82, 2.24) is 10.6 Å². The number of aromatic hydroxyl groups is 1. The molecular weight excluding hydrogens is 336 g/mol. The number of phenols is 1. The second-order valence-corrected chi connectivity index (χ2v) is 7.67. The maximum Gasteiger partial charge on any atom is 0.220 e. The quantitative estimate of drug-likeness (QED) is 0.659. The van der Waals surface area contributed by atoms with Gasteiger partial charge in [0, 0.05) is 24.5 Å². The lowest BCUT2D eigenvalue weighted by Crippen LogP contribution is -2.52. The molecule has 144 valence electrons. The van der Waals surface area contributed by atoms with Crippen LogP contribution in [-0.4, -0.2) is 23.1 Å². The number of aryl methyl sites for hydroxylation is 1. The van der Waals surface area contributed by atoms with E-state index in [-0.39, 0.29) is 23.2 Å². The van der Waals surface area contributed by atoms with Crippen molar-refractivity contribution in [1.29, 1.82) is 0 Å². The van der Waals surface area contributed by atoms with Crippen molar-refractivity contribution >= 4 is 5.91 Å². The average molecular weight is 367 g/mol. The number of nitrogens with one attached hydrogen (secondary N) is 2. The summed E-state index contributed by atoms with van der Waals surface area (Å²) in [5.41, 5.74) is 2.06. The summed E-state index contributed by atoms with van der Waals surface area (Å²) in [6.45, 7) is 2.85. The number of amides is 1. The summed E-state index contributed by atoms with van der Waals surface area (Å²) in [6.07, 6.45) is 5.51. The van der Waals surface area contributed by atoms with Crippen molar-refractivity contribution in [2.75, 3.05) is 6.54 Å². The molecule has 0 bridgehead atoms. The van der Waals surface area contributed by atoms with Crippen LogP contribution in [0.4, 0.5) is 0 Å². The van der Waals surface area contributed by atoms with Gasteiger partial charge in [-0.3, -0.25) is 4.79 Å². The molecule has 2 aromatic carbocycles. The fourth-order valence-corrected chi connectivity index (χ4v) is 4.03. The summed E-state index contributed by atoms with van der Waals surface area (Å²) < 4.78 is 0. The Labute approximate surface area is 162 Å². The summed E-state index contributed by atoms with van der Waals surface area (Å²) in [4.78, 5) is 12.4. The third-order valence-electron chi connectivity index (χ3n) is 5.62. The lowest BCUT2D eigenvalue weighted by atomic mass is 9.94. The lowest BCUT2D eigenvalue weighted by Gasteiger charge is -2.34. The Bertz CT molecular complexity index is 739. The van der Waals surface area contributed by atoms with Gasteiger partial charge < -0.3 is 15.7 Å². The second kappa shape index (κ2) is 9.05. The predicted molar refractivity (Wildman–Crippen MR) is 109 cm³/mol. The fraction of sp³-hybridized carbons (Fsp3) is 0.435. The molecule has 0 radical (unpaired) electrons. The topological polar surface area (TPSA) is 61.4 Å². The molecule has 1 aliphatic rings. The zero-order chi connectivity index (χ0) is 19.1. The van der Waals surface area contributed by atoms with Crippen LogP contribution >= 0.6 is 0 Å². The van der Waals surface area contributed by atoms with Crippen molar-refractivity contribution < 1.29 is 9.90 Å². The highest BCUT2D eigenvalue weighted by Gasteiger charge is 2.35. The monoisotopic (exact) mass is 366 g/mol. The van der Waals surface area contributed by atoms with Crippen LogP contribution in [0.1, 0.15) is 56.2 Å². The number of hydrogen-bond donors (Lipinski definition) is 3. The van der Waals surface area contributed by atoms with Gasteiger partial charge in [-0.05, 0) is 43.4 Å². The first-order chi connectivity index (χ1) is 13.1. The first-order valence-corrected chi connectivity index (χ1v) is 9.94. The van der Waals surface area contributed by atoms with E-state index in [1.54, 1.807) is 12.1 Å². The minimum Gasteiger partial charge on any atom is -0.508 e. The van der Waals surface area contributed by atoms with Gasteiger partial charge in [-0.25, -0.2) is 0 Å². The fourth-order valence-electron chi connectivity index (χ4n) is 4.03. The van der Waals surface area contributed by atoms with Gasteiger partial charge >= 0.3 is 0 Å². The van der Waals surface area contributed by atoms with Crippen LogP contribution in [0.5, 0.6) is 5.75 Å². The highest BCUT2D eigenvalue weighted by molar-refractivity contribution is 5.76. The minimum atomic E-state index is -0.0280. The van der Waals surface area contributed by atoms with E-state index in [1.807, 2.05) is 18.2 Å². The smallest absolute Gasteiger partial charge is 0.220 e. The first-order valence-electron chi connectivity index (χ1n) is 9.94. The molecule has 3 rings (SSSR count). The number of benzene rings is 2. The van der Waals surface area contributed by atoms with Crippen molar-refractivity contribution in [3.63, 3.8) is 0 Å². The van der Waals surface area contributed by atoms with Crippen LogP contribution in [-0.2, 0) is 11.2 Å². The third-order valence-corrected chi connectivity index (χ3v) is 5.62. The summed E-state index contributed by atoms with van der Waals surface area (Å²) in [5, 5.41) is 16.8. The molecule has 27 heavy (non-hydrogen) atoms. The minimum absolute atomic E-state index is 0.0280. The highest BCUT2D eigenvalue weighted by atomic mass is 16.3. The van der Waals surface area contributed by atoms with Gasteiger partial charge in [0.1, 0.15) is 5.75 Å². The van der Waals surface area contributed by atoms with E-state index < -0.39 is 0 Å². The number of para-hydroxylation sites is 1. The Balaban J connectivity index is 1.53. The molecule has 0 spiro atoms. The molecule has 1 atom stereocenters. The van der Waals surface area contributed by atoms with E-state index in [4.69, 9.17) is 0 Å². The molecule has 2 aromatic rings.